The van der Waals surface area contributed by atoms with E-state index in [1.807, 2.05) is 0 Å². The van der Waals surface area contributed by atoms with E-state index in [4.69, 9.17) is 15.1 Å². The molecule has 0 atom stereocenters. The minimum Gasteiger partial charge on any atom is -0.487 e. The molecular weight excluding hydrogens is 230 g/mol. The molecule has 0 radical (unpaired) electrons. The molecule has 84 valence electrons. The second-order valence-corrected chi connectivity index (χ2v) is 4.95. The third kappa shape index (κ3) is 2.29. The van der Waals surface area contributed by atoms with Gasteiger partial charge in [-0.1, -0.05) is 0 Å². The van der Waals surface area contributed by atoms with Crippen LogP contribution in [0.3, 0.4) is 0 Å². The lowest BCUT2D eigenvalue weighted by Crippen LogP contribution is -2.16. The molecule has 0 aliphatic heterocycles. The van der Waals surface area contributed by atoms with Gasteiger partial charge in [0.2, 0.25) is 5.03 Å². The Morgan fingerprint density at radius 1 is 1.50 bits per heavy atom. The summed E-state index contributed by atoms with van der Waals surface area (Å²) in [4.78, 5) is 3.64. The first-order valence-corrected chi connectivity index (χ1v) is 6.16. The van der Waals surface area contributed by atoms with Crippen LogP contribution in [-0.4, -0.2) is 19.5 Å². The number of sulfonamides is 1. The normalized spacial score (nSPS) is 15.5. The van der Waals surface area contributed by atoms with Crippen LogP contribution < -0.4 is 9.88 Å². The lowest BCUT2D eigenvalue weighted by Gasteiger charge is -2.08. The van der Waals surface area contributed by atoms with Crippen molar-refractivity contribution < 1.29 is 13.2 Å². The van der Waals surface area contributed by atoms with Gasteiger partial charge < -0.3 is 4.74 Å². The van der Waals surface area contributed by atoms with Crippen molar-refractivity contribution in [1.29, 1.82) is 5.26 Å². The Balaban J connectivity index is 2.47. The molecule has 6 nitrogen and oxygen atoms in total. The number of hydrogen-bond donors (Lipinski definition) is 1. The second-order valence-electron chi connectivity index (χ2n) is 3.47. The molecule has 16 heavy (non-hydrogen) atoms. The number of hydrogen-bond acceptors (Lipinski definition) is 5. The van der Waals surface area contributed by atoms with Crippen molar-refractivity contribution in [2.75, 3.05) is 0 Å². The number of rotatable bonds is 3. The summed E-state index contributed by atoms with van der Waals surface area (Å²) in [6, 6.07) is 4.55. The van der Waals surface area contributed by atoms with Crippen molar-refractivity contribution in [3.05, 3.63) is 17.8 Å². The van der Waals surface area contributed by atoms with Gasteiger partial charge in [0.1, 0.15) is 11.8 Å². The van der Waals surface area contributed by atoms with Crippen molar-refractivity contribution in [3.63, 3.8) is 0 Å². The number of pyridine rings is 1. The first-order chi connectivity index (χ1) is 7.50. The maximum Gasteiger partial charge on any atom is 0.259 e. The summed E-state index contributed by atoms with van der Waals surface area (Å²) in [6.45, 7) is 0. The van der Waals surface area contributed by atoms with E-state index in [-0.39, 0.29) is 22.6 Å². The molecule has 0 unspecified atom stereocenters. The monoisotopic (exact) mass is 239 g/mol. The molecule has 1 fully saturated rings. The minimum atomic E-state index is -3.97. The first-order valence-electron chi connectivity index (χ1n) is 4.61. The Morgan fingerprint density at radius 2 is 2.19 bits per heavy atom. The molecule has 0 spiro atoms. The number of aromatic nitrogens is 1. The van der Waals surface area contributed by atoms with Crippen LogP contribution in [0.1, 0.15) is 18.5 Å². The molecule has 1 saturated carbocycles. The van der Waals surface area contributed by atoms with Crippen LogP contribution in [0.15, 0.2) is 17.2 Å². The molecule has 7 heteroatoms. The minimum absolute atomic E-state index is 0.00725. The van der Waals surface area contributed by atoms with Crippen LogP contribution in [0.25, 0.3) is 0 Å². The van der Waals surface area contributed by atoms with Gasteiger partial charge >= 0.3 is 0 Å². The number of ether oxygens (including phenoxy) is 1. The second kappa shape index (κ2) is 3.73. The zero-order valence-corrected chi connectivity index (χ0v) is 9.07. The quantitative estimate of drug-likeness (QED) is 0.807. The predicted octanol–water partition coefficient (Wildman–Crippen LogP) is 0.142. The number of nitriles is 1. The standard InChI is InChI=1S/C9H9N3O3S/c10-5-6-1-4-8(15-7-2-3-7)9(12-6)16(11,13)14/h1,4,7H,2-3H2,(H2,11,13,14). The summed E-state index contributed by atoms with van der Waals surface area (Å²) in [6.07, 6.45) is 1.82. The van der Waals surface area contributed by atoms with Gasteiger partial charge in [0.15, 0.2) is 5.75 Å². The van der Waals surface area contributed by atoms with Crippen molar-refractivity contribution in [1.82, 2.24) is 4.98 Å². The van der Waals surface area contributed by atoms with Crippen LogP contribution in [0, 0.1) is 11.3 Å². The van der Waals surface area contributed by atoms with Crippen molar-refractivity contribution in [2.45, 2.75) is 24.0 Å². The molecule has 1 aromatic rings. The van der Waals surface area contributed by atoms with E-state index >= 15 is 0 Å². The number of nitrogens with zero attached hydrogens (tertiary/aromatic N) is 2. The molecule has 1 aromatic heterocycles. The average molecular weight is 239 g/mol. The summed E-state index contributed by atoms with van der Waals surface area (Å²) in [5.41, 5.74) is -0.00725. The van der Waals surface area contributed by atoms with E-state index in [0.29, 0.717) is 0 Å². The molecule has 0 amide bonds. The van der Waals surface area contributed by atoms with Crippen molar-refractivity contribution in [2.24, 2.45) is 5.14 Å². The highest BCUT2D eigenvalue weighted by Crippen LogP contribution is 2.30. The van der Waals surface area contributed by atoms with E-state index in [1.165, 1.54) is 12.1 Å². The molecule has 1 heterocycles. The van der Waals surface area contributed by atoms with Gasteiger partial charge in [-0.25, -0.2) is 18.5 Å². The highest BCUT2D eigenvalue weighted by atomic mass is 32.2. The van der Waals surface area contributed by atoms with Gasteiger partial charge in [-0.2, -0.15) is 5.26 Å². The van der Waals surface area contributed by atoms with Crippen LogP contribution in [-0.2, 0) is 10.0 Å². The van der Waals surface area contributed by atoms with Gasteiger partial charge in [0.05, 0.1) is 6.10 Å². The third-order valence-corrected chi connectivity index (χ3v) is 2.86. The lowest BCUT2D eigenvalue weighted by atomic mass is 10.3. The van der Waals surface area contributed by atoms with Crippen LogP contribution in [0.4, 0.5) is 0 Å². The van der Waals surface area contributed by atoms with Crippen molar-refractivity contribution >= 4 is 10.0 Å². The Kier molecular flexibility index (Phi) is 2.53. The Labute approximate surface area is 92.7 Å². The molecule has 0 bridgehead atoms. The Hall–Kier alpha value is -1.65. The van der Waals surface area contributed by atoms with E-state index in [0.717, 1.165) is 12.8 Å². The first kappa shape index (κ1) is 10.9. The van der Waals surface area contributed by atoms with E-state index < -0.39 is 10.0 Å². The topological polar surface area (TPSA) is 106 Å². The number of nitrogens with two attached hydrogens (primary N) is 1. The summed E-state index contributed by atoms with van der Waals surface area (Å²) in [5.74, 6) is 0.115. The molecule has 1 aliphatic carbocycles. The molecule has 2 N–H and O–H groups in total. The highest BCUT2D eigenvalue weighted by molar-refractivity contribution is 7.89. The van der Waals surface area contributed by atoms with Crippen LogP contribution in [0.5, 0.6) is 5.75 Å². The average Bonchev–Trinajstić information content (AvgIpc) is 3.01. The fraction of sp³-hybridized carbons (Fsp3) is 0.333. The number of primary sulfonamides is 1. The highest BCUT2D eigenvalue weighted by Gasteiger charge is 2.27. The van der Waals surface area contributed by atoms with Crippen LogP contribution in [0.2, 0.25) is 0 Å². The zero-order valence-electron chi connectivity index (χ0n) is 8.25. The SMILES string of the molecule is N#Cc1ccc(OC2CC2)c(S(N)(=O)=O)n1. The molecule has 0 saturated heterocycles. The summed E-state index contributed by atoms with van der Waals surface area (Å²) in [7, 11) is -3.97. The summed E-state index contributed by atoms with van der Waals surface area (Å²) < 4.78 is 27.9. The van der Waals surface area contributed by atoms with Gasteiger partial charge in [-0.05, 0) is 25.0 Å². The maximum absolute atomic E-state index is 11.2. The smallest absolute Gasteiger partial charge is 0.259 e. The molecule has 0 aromatic carbocycles. The molecule has 2 rings (SSSR count). The fourth-order valence-corrected chi connectivity index (χ4v) is 1.77. The van der Waals surface area contributed by atoms with E-state index in [1.54, 1.807) is 6.07 Å². The van der Waals surface area contributed by atoms with E-state index in [2.05, 4.69) is 4.98 Å². The van der Waals surface area contributed by atoms with Gasteiger partial charge in [-0.3, -0.25) is 0 Å². The molecule has 1 aliphatic rings. The van der Waals surface area contributed by atoms with Gasteiger partial charge in [-0.15, -0.1) is 0 Å². The maximum atomic E-state index is 11.2. The fourth-order valence-electron chi connectivity index (χ4n) is 1.15. The van der Waals surface area contributed by atoms with E-state index in [9.17, 15) is 8.42 Å². The largest absolute Gasteiger partial charge is 0.487 e. The molecular formula is C9H9N3O3S. The predicted molar refractivity (Wildman–Crippen MR) is 54.0 cm³/mol. The zero-order chi connectivity index (χ0) is 11.8. The Bertz CT molecular complexity index is 558. The third-order valence-electron chi connectivity index (χ3n) is 2.03. The van der Waals surface area contributed by atoms with Gasteiger partial charge in [0, 0.05) is 0 Å². The van der Waals surface area contributed by atoms with Crippen LogP contribution >= 0.6 is 0 Å². The van der Waals surface area contributed by atoms with Gasteiger partial charge in [0.25, 0.3) is 10.0 Å². The summed E-state index contributed by atoms with van der Waals surface area (Å²) in [5, 5.41) is 13.2. The lowest BCUT2D eigenvalue weighted by molar-refractivity contribution is 0.292. The summed E-state index contributed by atoms with van der Waals surface area (Å²) >= 11 is 0. The Morgan fingerprint density at radius 3 is 2.69 bits per heavy atom. The van der Waals surface area contributed by atoms with Crippen molar-refractivity contribution in [3.8, 4) is 11.8 Å².